The number of rotatable bonds is 4. The molecule has 0 saturated carbocycles. The van der Waals surface area contributed by atoms with Crippen molar-refractivity contribution in [3.8, 4) is 5.75 Å². The third-order valence-corrected chi connectivity index (χ3v) is 4.43. The van der Waals surface area contributed by atoms with E-state index in [-0.39, 0.29) is 6.04 Å². The summed E-state index contributed by atoms with van der Waals surface area (Å²) in [5.41, 5.74) is 1.92. The van der Waals surface area contributed by atoms with Crippen LogP contribution >= 0.6 is 11.3 Å². The predicted octanol–water partition coefficient (Wildman–Crippen LogP) is 3.23. The highest BCUT2D eigenvalue weighted by atomic mass is 32.1. The molecule has 0 aliphatic carbocycles. The van der Waals surface area contributed by atoms with Crippen molar-refractivity contribution < 1.29 is 9.84 Å². The van der Waals surface area contributed by atoms with E-state index in [1.807, 2.05) is 24.6 Å². The van der Waals surface area contributed by atoms with E-state index in [0.29, 0.717) is 5.75 Å². The molecular weight excluding hydrogens is 260 g/mol. The second kappa shape index (κ2) is 5.35. The third kappa shape index (κ3) is 2.53. The molecule has 1 unspecified atom stereocenters. The summed E-state index contributed by atoms with van der Waals surface area (Å²) in [7, 11) is 1.60. The average molecular weight is 280 g/mol. The summed E-state index contributed by atoms with van der Waals surface area (Å²) < 4.78 is 7.13. The van der Waals surface area contributed by atoms with Crippen LogP contribution in [0.5, 0.6) is 5.75 Å². The molecule has 2 heterocycles. The van der Waals surface area contributed by atoms with Gasteiger partial charge in [0.05, 0.1) is 13.3 Å². The van der Waals surface area contributed by atoms with Crippen molar-refractivity contribution in [3.05, 3.63) is 33.3 Å². The fourth-order valence-corrected chi connectivity index (χ4v) is 3.09. The van der Waals surface area contributed by atoms with Gasteiger partial charge in [0.25, 0.3) is 0 Å². The first-order chi connectivity index (χ1) is 8.95. The molecule has 104 valence electrons. The van der Waals surface area contributed by atoms with Gasteiger partial charge in [-0.1, -0.05) is 0 Å². The number of hydrogen-bond donors (Lipinski definition) is 1. The summed E-state index contributed by atoms with van der Waals surface area (Å²) in [6.07, 6.45) is 0.962. The molecule has 0 spiro atoms. The Morgan fingerprint density at radius 1 is 1.37 bits per heavy atom. The molecule has 5 heteroatoms. The van der Waals surface area contributed by atoms with Crippen LogP contribution in [0.25, 0.3) is 0 Å². The second-order valence-corrected chi connectivity index (χ2v) is 6.21. The smallest absolute Gasteiger partial charge is 0.163 e. The van der Waals surface area contributed by atoms with Gasteiger partial charge in [-0.05, 0) is 39.3 Å². The zero-order chi connectivity index (χ0) is 14.2. The van der Waals surface area contributed by atoms with Gasteiger partial charge in [0.2, 0.25) is 0 Å². The van der Waals surface area contributed by atoms with Crippen LogP contribution < -0.4 is 4.74 Å². The van der Waals surface area contributed by atoms with Crippen LogP contribution in [0.4, 0.5) is 0 Å². The zero-order valence-electron chi connectivity index (χ0n) is 12.0. The monoisotopic (exact) mass is 280 g/mol. The van der Waals surface area contributed by atoms with Crippen LogP contribution in [0.3, 0.4) is 0 Å². The molecular formula is C14H20N2O2S. The Kier molecular flexibility index (Phi) is 3.96. The van der Waals surface area contributed by atoms with Crippen LogP contribution in [0, 0.1) is 13.8 Å². The van der Waals surface area contributed by atoms with Crippen molar-refractivity contribution in [1.29, 1.82) is 0 Å². The Balaban J connectivity index is 2.47. The Morgan fingerprint density at radius 3 is 2.53 bits per heavy atom. The lowest BCUT2D eigenvalue weighted by atomic mass is 10.1. The molecule has 4 nitrogen and oxygen atoms in total. The molecule has 0 aliphatic heterocycles. The maximum Gasteiger partial charge on any atom is 0.163 e. The van der Waals surface area contributed by atoms with Crippen molar-refractivity contribution in [2.24, 2.45) is 0 Å². The van der Waals surface area contributed by atoms with Gasteiger partial charge < -0.3 is 9.84 Å². The number of aromatic nitrogens is 2. The lowest BCUT2D eigenvalue weighted by Crippen LogP contribution is -2.12. The Hall–Kier alpha value is -1.33. The van der Waals surface area contributed by atoms with E-state index in [2.05, 4.69) is 18.9 Å². The number of hydrogen-bond acceptors (Lipinski definition) is 4. The van der Waals surface area contributed by atoms with Gasteiger partial charge in [-0.25, -0.2) is 0 Å². The third-order valence-electron chi connectivity index (χ3n) is 3.22. The number of thiophene rings is 1. The summed E-state index contributed by atoms with van der Waals surface area (Å²) in [5, 5.41) is 14.9. The minimum absolute atomic E-state index is 0.177. The van der Waals surface area contributed by atoms with E-state index in [1.165, 1.54) is 10.4 Å². The normalized spacial score (nSPS) is 13.0. The van der Waals surface area contributed by atoms with E-state index < -0.39 is 6.10 Å². The van der Waals surface area contributed by atoms with Gasteiger partial charge in [-0.2, -0.15) is 5.10 Å². The summed E-state index contributed by atoms with van der Waals surface area (Å²) in [5.74, 6) is 0.630. The molecule has 1 N–H and O–H groups in total. The first kappa shape index (κ1) is 14.1. The van der Waals surface area contributed by atoms with Gasteiger partial charge in [0.1, 0.15) is 11.8 Å². The molecule has 0 amide bonds. The van der Waals surface area contributed by atoms with Gasteiger partial charge in [-0.15, -0.1) is 11.3 Å². The molecule has 0 aliphatic rings. The minimum atomic E-state index is -0.697. The molecule has 0 bridgehead atoms. The average Bonchev–Trinajstić information content (AvgIpc) is 2.93. The zero-order valence-corrected chi connectivity index (χ0v) is 12.8. The van der Waals surface area contributed by atoms with Gasteiger partial charge in [-0.3, -0.25) is 4.68 Å². The van der Waals surface area contributed by atoms with Crippen molar-refractivity contribution in [2.75, 3.05) is 7.11 Å². The molecule has 1 atom stereocenters. The Labute approximate surface area is 117 Å². The summed E-state index contributed by atoms with van der Waals surface area (Å²) in [6.45, 7) is 8.19. The number of nitrogens with zero attached hydrogens (tertiary/aromatic N) is 2. The molecule has 0 radical (unpaired) electrons. The van der Waals surface area contributed by atoms with Crippen LogP contribution in [0.2, 0.25) is 0 Å². The minimum Gasteiger partial charge on any atom is -0.493 e. The molecule has 19 heavy (non-hydrogen) atoms. The summed E-state index contributed by atoms with van der Waals surface area (Å²) >= 11 is 1.61. The van der Waals surface area contributed by atoms with Gasteiger partial charge >= 0.3 is 0 Å². The fraction of sp³-hybridized carbons (Fsp3) is 0.500. The summed E-state index contributed by atoms with van der Waals surface area (Å²) in [6, 6.07) is 2.21. The molecule has 2 aromatic heterocycles. The van der Waals surface area contributed by atoms with Crippen LogP contribution in [0.15, 0.2) is 12.3 Å². The van der Waals surface area contributed by atoms with E-state index in [1.54, 1.807) is 24.6 Å². The number of methoxy groups -OCH3 is 1. The lowest BCUT2D eigenvalue weighted by Gasteiger charge is -2.16. The molecule has 2 aromatic rings. The Bertz CT molecular complexity index is 553. The quantitative estimate of drug-likeness (QED) is 0.935. The topological polar surface area (TPSA) is 47.3 Å². The molecule has 0 aromatic carbocycles. The standard InChI is InChI=1S/C14H20N2O2S/c1-8(2)16-13(11(18-5)7-15-16)14(17)12-6-9(3)10(4)19-12/h6-8,14,17H,1-5H3. The maximum atomic E-state index is 10.6. The number of aliphatic hydroxyl groups excluding tert-OH is 1. The van der Waals surface area contributed by atoms with Crippen molar-refractivity contribution in [2.45, 2.75) is 39.8 Å². The van der Waals surface area contributed by atoms with Crippen LogP contribution in [-0.4, -0.2) is 22.0 Å². The lowest BCUT2D eigenvalue weighted by molar-refractivity contribution is 0.203. The van der Waals surface area contributed by atoms with E-state index in [4.69, 9.17) is 4.74 Å². The maximum absolute atomic E-state index is 10.6. The number of aryl methyl sites for hydroxylation is 2. The van der Waals surface area contributed by atoms with Crippen LogP contribution in [0.1, 0.15) is 47.0 Å². The van der Waals surface area contributed by atoms with Crippen molar-refractivity contribution in [3.63, 3.8) is 0 Å². The van der Waals surface area contributed by atoms with Gasteiger partial charge in [0.15, 0.2) is 5.75 Å². The highest BCUT2D eigenvalue weighted by Gasteiger charge is 2.24. The molecule has 2 rings (SSSR count). The van der Waals surface area contributed by atoms with Crippen molar-refractivity contribution in [1.82, 2.24) is 9.78 Å². The number of ether oxygens (including phenoxy) is 1. The highest BCUT2D eigenvalue weighted by molar-refractivity contribution is 7.12. The number of aliphatic hydroxyl groups is 1. The predicted molar refractivity (Wildman–Crippen MR) is 77.0 cm³/mol. The fourth-order valence-electron chi connectivity index (χ4n) is 2.06. The molecule has 0 fully saturated rings. The second-order valence-electron chi connectivity index (χ2n) is 4.93. The highest BCUT2D eigenvalue weighted by Crippen LogP contribution is 2.35. The van der Waals surface area contributed by atoms with Crippen molar-refractivity contribution >= 4 is 11.3 Å². The van der Waals surface area contributed by atoms with E-state index in [0.717, 1.165) is 10.6 Å². The first-order valence-corrected chi connectivity index (χ1v) is 7.13. The SMILES string of the molecule is COc1cnn(C(C)C)c1C(O)c1cc(C)c(C)s1. The summed E-state index contributed by atoms with van der Waals surface area (Å²) in [4.78, 5) is 2.15. The largest absolute Gasteiger partial charge is 0.493 e. The Morgan fingerprint density at radius 2 is 2.05 bits per heavy atom. The van der Waals surface area contributed by atoms with E-state index >= 15 is 0 Å². The van der Waals surface area contributed by atoms with Gasteiger partial charge in [0, 0.05) is 15.8 Å². The molecule has 0 saturated heterocycles. The van der Waals surface area contributed by atoms with E-state index in [9.17, 15) is 5.11 Å². The first-order valence-electron chi connectivity index (χ1n) is 6.32. The van der Waals surface area contributed by atoms with Crippen LogP contribution in [-0.2, 0) is 0 Å².